The van der Waals surface area contributed by atoms with E-state index in [1.54, 1.807) is 4.57 Å². The van der Waals surface area contributed by atoms with Crippen molar-refractivity contribution in [3.8, 4) is 0 Å². The van der Waals surface area contributed by atoms with Crippen LogP contribution in [-0.4, -0.2) is 38.3 Å². The molecule has 0 bridgehead atoms. The first-order valence-electron chi connectivity index (χ1n) is 6.48. The third-order valence-electron chi connectivity index (χ3n) is 3.46. The molecule has 0 amide bonds. The van der Waals surface area contributed by atoms with Crippen molar-refractivity contribution in [2.45, 2.75) is 36.3 Å². The monoisotopic (exact) mass is 300 g/mol. The van der Waals surface area contributed by atoms with Gasteiger partial charge < -0.3 is 14.0 Å². The molecule has 1 aliphatic heterocycles. The van der Waals surface area contributed by atoms with Crippen molar-refractivity contribution < 1.29 is 22.7 Å². The predicted octanol–water partition coefficient (Wildman–Crippen LogP) is 0.416. The third-order valence-corrected chi connectivity index (χ3v) is 4.34. The summed E-state index contributed by atoms with van der Waals surface area (Å²) in [5.74, 6) is -0.526. The lowest BCUT2D eigenvalue weighted by atomic mass is 10.3. The number of nitrogens with zero attached hydrogens (tertiary/aromatic N) is 1. The highest BCUT2D eigenvalue weighted by atomic mass is 32.2. The van der Waals surface area contributed by atoms with Crippen molar-refractivity contribution >= 4 is 16.0 Å². The number of nitrogens with two attached hydrogens (primary N) is 1. The van der Waals surface area contributed by atoms with Gasteiger partial charge in [0.25, 0.3) is 0 Å². The normalized spacial score (nSPS) is 22.9. The first-order valence-corrected chi connectivity index (χ1v) is 8.03. The minimum Gasteiger partial charge on any atom is -0.455 e. The average molecular weight is 300 g/mol. The Balaban J connectivity index is 1.86. The van der Waals surface area contributed by atoms with Gasteiger partial charge in [-0.25, -0.2) is 18.4 Å². The number of primary sulfonamides is 1. The van der Waals surface area contributed by atoms with Gasteiger partial charge in [-0.3, -0.25) is 0 Å². The number of hydrogen-bond acceptors (Lipinski definition) is 5. The molecular weight excluding hydrogens is 284 g/mol. The van der Waals surface area contributed by atoms with E-state index < -0.39 is 16.0 Å². The summed E-state index contributed by atoms with van der Waals surface area (Å²) >= 11 is 0. The summed E-state index contributed by atoms with van der Waals surface area (Å²) in [5, 5.41) is 5.11. The molecule has 1 saturated carbocycles. The lowest BCUT2D eigenvalue weighted by Gasteiger charge is -2.11. The summed E-state index contributed by atoms with van der Waals surface area (Å²) in [4.78, 5) is 12.1. The number of ether oxygens (including phenoxy) is 2. The van der Waals surface area contributed by atoms with Gasteiger partial charge in [0.2, 0.25) is 10.0 Å². The number of carbonyl (C=O) groups excluding carboxylic acids is 1. The molecule has 2 N–H and O–H groups in total. The van der Waals surface area contributed by atoms with Gasteiger partial charge >= 0.3 is 5.97 Å². The first kappa shape index (κ1) is 13.6. The van der Waals surface area contributed by atoms with E-state index in [0.29, 0.717) is 19.6 Å². The van der Waals surface area contributed by atoms with Crippen molar-refractivity contribution in [3.63, 3.8) is 0 Å². The van der Waals surface area contributed by atoms with Crippen LogP contribution in [0, 0.1) is 0 Å². The highest BCUT2D eigenvalue weighted by Gasteiger charge is 2.31. The molecule has 1 atom stereocenters. The van der Waals surface area contributed by atoms with Crippen LogP contribution in [0.5, 0.6) is 0 Å². The summed E-state index contributed by atoms with van der Waals surface area (Å²) in [6.07, 6.45) is 3.66. The standard InChI is InChI=1S/C12H16N2O5S/c13-20(16,17)10-5-11(14(6-10)8-1-2-8)12(15)19-9-3-4-18-7-9/h5-6,8-9H,1-4,7H2,(H2,13,16,17). The summed E-state index contributed by atoms with van der Waals surface area (Å²) < 4.78 is 34.9. The Labute approximate surface area is 116 Å². The molecule has 110 valence electrons. The smallest absolute Gasteiger partial charge is 0.355 e. The number of sulfonamides is 1. The Hall–Kier alpha value is -1.38. The second kappa shape index (κ2) is 4.87. The molecule has 0 aromatic carbocycles. The van der Waals surface area contributed by atoms with E-state index in [9.17, 15) is 13.2 Å². The lowest BCUT2D eigenvalue weighted by molar-refractivity contribution is 0.0258. The fourth-order valence-corrected chi connectivity index (χ4v) is 2.78. The quantitative estimate of drug-likeness (QED) is 0.812. The topological polar surface area (TPSA) is 101 Å². The molecule has 20 heavy (non-hydrogen) atoms. The Kier molecular flexibility index (Phi) is 3.31. The minimum atomic E-state index is -3.82. The number of carbonyl (C=O) groups is 1. The summed E-state index contributed by atoms with van der Waals surface area (Å²) in [6.45, 7) is 0.960. The van der Waals surface area contributed by atoms with E-state index in [1.807, 2.05) is 0 Å². The average Bonchev–Trinajstić information content (AvgIpc) is 2.90. The van der Waals surface area contributed by atoms with Crippen LogP contribution >= 0.6 is 0 Å². The molecule has 1 unspecified atom stereocenters. The van der Waals surface area contributed by atoms with E-state index in [0.717, 1.165) is 12.8 Å². The van der Waals surface area contributed by atoms with Crippen LogP contribution in [0.15, 0.2) is 17.2 Å². The van der Waals surface area contributed by atoms with Gasteiger partial charge in [0.05, 0.1) is 13.2 Å². The SMILES string of the molecule is NS(=O)(=O)c1cc(C(=O)OC2CCOC2)n(C2CC2)c1. The van der Waals surface area contributed by atoms with Crippen LogP contribution in [-0.2, 0) is 19.5 Å². The maximum Gasteiger partial charge on any atom is 0.355 e. The number of aromatic nitrogens is 1. The van der Waals surface area contributed by atoms with Crippen LogP contribution in [0.25, 0.3) is 0 Å². The molecular formula is C12H16N2O5S. The van der Waals surface area contributed by atoms with Crippen LogP contribution in [0.1, 0.15) is 35.8 Å². The van der Waals surface area contributed by atoms with Crippen molar-refractivity contribution in [1.82, 2.24) is 4.57 Å². The molecule has 1 aliphatic carbocycles. The molecule has 2 fully saturated rings. The van der Waals surface area contributed by atoms with Crippen LogP contribution < -0.4 is 5.14 Å². The molecule has 1 aromatic rings. The van der Waals surface area contributed by atoms with Crippen LogP contribution in [0.2, 0.25) is 0 Å². The maximum absolute atomic E-state index is 12.2. The molecule has 7 nitrogen and oxygen atoms in total. The Morgan fingerprint density at radius 3 is 2.70 bits per heavy atom. The van der Waals surface area contributed by atoms with E-state index in [4.69, 9.17) is 14.6 Å². The Morgan fingerprint density at radius 1 is 1.40 bits per heavy atom. The van der Waals surface area contributed by atoms with Gasteiger partial charge in [0.1, 0.15) is 16.7 Å². The zero-order valence-electron chi connectivity index (χ0n) is 10.8. The van der Waals surface area contributed by atoms with E-state index in [-0.39, 0.29) is 22.7 Å². The van der Waals surface area contributed by atoms with Crippen LogP contribution in [0.3, 0.4) is 0 Å². The van der Waals surface area contributed by atoms with Gasteiger partial charge in [0, 0.05) is 18.7 Å². The highest BCUT2D eigenvalue weighted by Crippen LogP contribution is 2.37. The number of esters is 1. The van der Waals surface area contributed by atoms with Crippen molar-refractivity contribution in [1.29, 1.82) is 0 Å². The molecule has 1 aromatic heterocycles. The number of hydrogen-bond donors (Lipinski definition) is 1. The zero-order valence-corrected chi connectivity index (χ0v) is 11.6. The second-order valence-electron chi connectivity index (χ2n) is 5.14. The molecule has 3 rings (SSSR count). The summed E-state index contributed by atoms with van der Waals surface area (Å²) in [7, 11) is -3.82. The zero-order chi connectivity index (χ0) is 14.3. The van der Waals surface area contributed by atoms with Gasteiger partial charge in [-0.2, -0.15) is 0 Å². The maximum atomic E-state index is 12.2. The first-order chi connectivity index (χ1) is 9.45. The minimum absolute atomic E-state index is 0.0565. The van der Waals surface area contributed by atoms with Crippen LogP contribution in [0.4, 0.5) is 0 Å². The highest BCUT2D eigenvalue weighted by molar-refractivity contribution is 7.89. The molecule has 1 saturated heterocycles. The summed E-state index contributed by atoms with van der Waals surface area (Å²) in [5.41, 5.74) is 0.239. The largest absolute Gasteiger partial charge is 0.455 e. The molecule has 0 spiro atoms. The van der Waals surface area contributed by atoms with Gasteiger partial charge in [-0.1, -0.05) is 0 Å². The van der Waals surface area contributed by atoms with Crippen molar-refractivity contribution in [2.24, 2.45) is 5.14 Å². The van der Waals surface area contributed by atoms with E-state index in [1.165, 1.54) is 12.3 Å². The number of rotatable bonds is 4. The molecule has 0 radical (unpaired) electrons. The van der Waals surface area contributed by atoms with E-state index >= 15 is 0 Å². The summed E-state index contributed by atoms with van der Waals surface area (Å²) in [6, 6.07) is 1.44. The van der Waals surface area contributed by atoms with Crippen molar-refractivity contribution in [3.05, 3.63) is 18.0 Å². The second-order valence-corrected chi connectivity index (χ2v) is 6.70. The fraction of sp³-hybridized carbons (Fsp3) is 0.583. The Bertz CT molecular complexity index is 626. The lowest BCUT2D eigenvalue weighted by Crippen LogP contribution is -2.20. The van der Waals surface area contributed by atoms with Gasteiger partial charge in [-0.15, -0.1) is 0 Å². The van der Waals surface area contributed by atoms with Gasteiger partial charge in [0.15, 0.2) is 0 Å². The van der Waals surface area contributed by atoms with Gasteiger partial charge in [-0.05, 0) is 18.9 Å². The Morgan fingerprint density at radius 2 is 2.15 bits per heavy atom. The fourth-order valence-electron chi connectivity index (χ4n) is 2.25. The molecule has 2 aliphatic rings. The molecule has 8 heteroatoms. The molecule has 2 heterocycles. The van der Waals surface area contributed by atoms with E-state index in [2.05, 4.69) is 0 Å². The van der Waals surface area contributed by atoms with Crippen molar-refractivity contribution in [2.75, 3.05) is 13.2 Å². The predicted molar refractivity (Wildman–Crippen MR) is 68.7 cm³/mol. The third kappa shape index (κ3) is 2.72.